The van der Waals surface area contributed by atoms with Gasteiger partial charge in [-0.2, -0.15) is 11.8 Å². The molecule has 2 aromatic rings. The second-order valence-corrected chi connectivity index (χ2v) is 7.98. The van der Waals surface area contributed by atoms with E-state index < -0.39 is 0 Å². The summed E-state index contributed by atoms with van der Waals surface area (Å²) in [4.78, 5) is 11.8. The molecule has 1 N–H and O–H groups in total. The molecule has 0 aliphatic rings. The first kappa shape index (κ1) is 19.2. The van der Waals surface area contributed by atoms with Crippen LogP contribution in [0, 0.1) is 6.92 Å². The van der Waals surface area contributed by atoms with Crippen LogP contribution in [-0.4, -0.2) is 24.0 Å². The van der Waals surface area contributed by atoms with Gasteiger partial charge in [-0.15, -0.1) is 11.8 Å². The number of amides is 1. The third-order valence-electron chi connectivity index (χ3n) is 3.50. The predicted molar refractivity (Wildman–Crippen MR) is 108 cm³/mol. The normalized spacial score (nSPS) is 10.6. The number of nitrogens with one attached hydrogen (secondary N) is 1. The number of halogens is 1. The summed E-state index contributed by atoms with van der Waals surface area (Å²) in [5, 5.41) is 3.72. The predicted octanol–water partition coefficient (Wildman–Crippen LogP) is 4.93. The van der Waals surface area contributed by atoms with E-state index in [4.69, 9.17) is 11.6 Å². The summed E-state index contributed by atoms with van der Waals surface area (Å²) in [5.41, 5.74) is 3.88. The van der Waals surface area contributed by atoms with Crippen molar-refractivity contribution in [2.45, 2.75) is 18.4 Å². The Morgan fingerprint density at radius 1 is 1.04 bits per heavy atom. The van der Waals surface area contributed by atoms with Crippen molar-refractivity contribution < 1.29 is 4.79 Å². The fourth-order valence-corrected chi connectivity index (χ4v) is 3.99. The third kappa shape index (κ3) is 7.20. The molecule has 0 unspecified atom stereocenters. The van der Waals surface area contributed by atoms with E-state index in [0.29, 0.717) is 5.75 Å². The second kappa shape index (κ2) is 10.7. The van der Waals surface area contributed by atoms with Gasteiger partial charge in [0.15, 0.2) is 0 Å². The summed E-state index contributed by atoms with van der Waals surface area (Å²) < 4.78 is 0. The molecule has 0 aliphatic carbocycles. The zero-order chi connectivity index (χ0) is 17.2. The molecule has 24 heavy (non-hydrogen) atoms. The molecule has 128 valence electrons. The number of carbonyl (C=O) groups excluding carboxylic acids is 1. The van der Waals surface area contributed by atoms with Crippen molar-refractivity contribution in [2.75, 3.05) is 18.1 Å². The Kier molecular flexibility index (Phi) is 8.57. The van der Waals surface area contributed by atoms with E-state index in [1.165, 1.54) is 16.7 Å². The van der Waals surface area contributed by atoms with Gasteiger partial charge in [-0.25, -0.2) is 0 Å². The molecule has 1 amide bonds. The van der Waals surface area contributed by atoms with Crippen molar-refractivity contribution in [2.24, 2.45) is 0 Å². The Labute approximate surface area is 157 Å². The Balaban J connectivity index is 1.53. The largest absolute Gasteiger partial charge is 0.355 e. The van der Waals surface area contributed by atoms with Gasteiger partial charge in [-0.1, -0.05) is 48.0 Å². The fraction of sp³-hybridized carbons (Fsp3) is 0.316. The topological polar surface area (TPSA) is 29.1 Å². The van der Waals surface area contributed by atoms with Crippen molar-refractivity contribution in [1.29, 1.82) is 0 Å². The molecule has 0 spiro atoms. The van der Waals surface area contributed by atoms with Crippen molar-refractivity contribution in [3.8, 4) is 0 Å². The van der Waals surface area contributed by atoms with Crippen LogP contribution in [0.2, 0.25) is 5.02 Å². The van der Waals surface area contributed by atoms with Gasteiger partial charge in [-0.05, 0) is 35.7 Å². The molecular weight excluding hydrogens is 358 g/mol. The van der Waals surface area contributed by atoms with Gasteiger partial charge in [0.05, 0.1) is 5.75 Å². The van der Waals surface area contributed by atoms with Gasteiger partial charge < -0.3 is 5.32 Å². The summed E-state index contributed by atoms with van der Waals surface area (Å²) >= 11 is 9.33. The molecule has 2 rings (SSSR count). The highest BCUT2D eigenvalue weighted by atomic mass is 35.5. The third-order valence-corrected chi connectivity index (χ3v) is 5.77. The molecule has 0 radical (unpaired) electrons. The first-order valence-electron chi connectivity index (χ1n) is 7.86. The van der Waals surface area contributed by atoms with Gasteiger partial charge in [0.1, 0.15) is 0 Å². The van der Waals surface area contributed by atoms with E-state index in [-0.39, 0.29) is 5.91 Å². The van der Waals surface area contributed by atoms with Crippen LogP contribution in [0.1, 0.15) is 16.7 Å². The average Bonchev–Trinajstić information content (AvgIpc) is 2.58. The van der Waals surface area contributed by atoms with Gasteiger partial charge >= 0.3 is 0 Å². The Morgan fingerprint density at radius 2 is 1.79 bits per heavy atom. The number of hydrogen-bond acceptors (Lipinski definition) is 3. The van der Waals surface area contributed by atoms with Gasteiger partial charge in [-0.3, -0.25) is 4.79 Å². The van der Waals surface area contributed by atoms with E-state index in [9.17, 15) is 4.79 Å². The van der Waals surface area contributed by atoms with Gasteiger partial charge in [0.2, 0.25) is 5.91 Å². The van der Waals surface area contributed by atoms with Gasteiger partial charge in [0, 0.05) is 28.8 Å². The molecule has 5 heteroatoms. The van der Waals surface area contributed by atoms with E-state index >= 15 is 0 Å². The average molecular weight is 380 g/mol. The van der Waals surface area contributed by atoms with Crippen LogP contribution in [-0.2, 0) is 16.3 Å². The fourth-order valence-electron chi connectivity index (χ4n) is 2.11. The SMILES string of the molecule is Cc1ccccc1CSCCNC(=O)CSCc1ccc(Cl)cc1. The molecule has 0 bridgehead atoms. The maximum atomic E-state index is 11.8. The summed E-state index contributed by atoms with van der Waals surface area (Å²) in [6.45, 7) is 2.85. The molecule has 0 aliphatic heterocycles. The molecule has 0 aromatic heterocycles. The first-order valence-corrected chi connectivity index (χ1v) is 10.5. The van der Waals surface area contributed by atoms with E-state index in [1.54, 1.807) is 11.8 Å². The summed E-state index contributed by atoms with van der Waals surface area (Å²) in [6.07, 6.45) is 0. The van der Waals surface area contributed by atoms with Crippen LogP contribution in [0.15, 0.2) is 48.5 Å². The summed E-state index contributed by atoms with van der Waals surface area (Å²) in [6, 6.07) is 16.2. The number of hydrogen-bond donors (Lipinski definition) is 1. The van der Waals surface area contributed by atoms with Crippen LogP contribution in [0.25, 0.3) is 0 Å². The molecule has 0 saturated carbocycles. The minimum atomic E-state index is 0.102. The van der Waals surface area contributed by atoms with Gasteiger partial charge in [0.25, 0.3) is 0 Å². The van der Waals surface area contributed by atoms with Crippen molar-refractivity contribution in [3.05, 3.63) is 70.2 Å². The molecule has 0 heterocycles. The lowest BCUT2D eigenvalue weighted by Gasteiger charge is -2.07. The molecule has 0 atom stereocenters. The maximum absolute atomic E-state index is 11.8. The highest BCUT2D eigenvalue weighted by Crippen LogP contribution is 2.16. The maximum Gasteiger partial charge on any atom is 0.230 e. The molecule has 0 saturated heterocycles. The molecule has 2 aromatic carbocycles. The smallest absolute Gasteiger partial charge is 0.230 e. The number of aryl methyl sites for hydroxylation is 1. The first-order chi connectivity index (χ1) is 11.6. The van der Waals surface area contributed by atoms with E-state index in [2.05, 4.69) is 36.5 Å². The van der Waals surface area contributed by atoms with Crippen LogP contribution >= 0.6 is 35.1 Å². The summed E-state index contributed by atoms with van der Waals surface area (Å²) in [5.74, 6) is 3.35. The lowest BCUT2D eigenvalue weighted by atomic mass is 10.1. The van der Waals surface area contributed by atoms with Crippen molar-refractivity contribution in [3.63, 3.8) is 0 Å². The number of rotatable bonds is 9. The lowest BCUT2D eigenvalue weighted by molar-refractivity contribution is -0.118. The zero-order valence-corrected chi connectivity index (χ0v) is 16.1. The standard InChI is InChI=1S/C19H22ClNOS2/c1-15-4-2-3-5-17(15)13-23-11-10-21-19(22)14-24-12-16-6-8-18(20)9-7-16/h2-9H,10-14H2,1H3,(H,21,22). The molecule has 0 fully saturated rings. The van der Waals surface area contributed by atoms with Crippen LogP contribution in [0.4, 0.5) is 0 Å². The van der Waals surface area contributed by atoms with Crippen molar-refractivity contribution in [1.82, 2.24) is 5.32 Å². The highest BCUT2D eigenvalue weighted by molar-refractivity contribution is 7.99. The molecule has 2 nitrogen and oxygen atoms in total. The second-order valence-electron chi connectivity index (χ2n) is 5.45. The Morgan fingerprint density at radius 3 is 2.54 bits per heavy atom. The molecular formula is C19H22ClNOS2. The Bertz CT molecular complexity index is 646. The quantitative estimate of drug-likeness (QED) is 0.626. The van der Waals surface area contributed by atoms with Crippen molar-refractivity contribution >= 4 is 41.0 Å². The number of carbonyl (C=O) groups is 1. The lowest BCUT2D eigenvalue weighted by Crippen LogP contribution is -2.27. The minimum absolute atomic E-state index is 0.102. The minimum Gasteiger partial charge on any atom is -0.355 e. The number of thioether (sulfide) groups is 2. The zero-order valence-electron chi connectivity index (χ0n) is 13.8. The van der Waals surface area contributed by atoms with Crippen LogP contribution in [0.5, 0.6) is 0 Å². The Hall–Kier alpha value is -1.10. The van der Waals surface area contributed by atoms with E-state index in [1.807, 2.05) is 36.0 Å². The van der Waals surface area contributed by atoms with E-state index in [0.717, 1.165) is 28.8 Å². The summed E-state index contributed by atoms with van der Waals surface area (Å²) in [7, 11) is 0. The monoisotopic (exact) mass is 379 g/mol. The van der Waals surface area contributed by atoms with Crippen LogP contribution in [0.3, 0.4) is 0 Å². The number of benzene rings is 2. The van der Waals surface area contributed by atoms with Crippen LogP contribution < -0.4 is 5.32 Å². The highest BCUT2D eigenvalue weighted by Gasteiger charge is 2.02.